The number of halogens is 1. The standard InChI is InChI=1S/C19H19FN4OS/c20-16-6-1-2-7-17(16)22-9-11-23(12-10-22)18(25)14-26-19-21-13-15-5-3-4-8-24(15)19/h1-8,13H,9-12,14H2. The van der Waals surface area contributed by atoms with E-state index in [1.165, 1.54) is 17.8 Å². The van der Waals surface area contributed by atoms with E-state index in [2.05, 4.69) is 4.98 Å². The van der Waals surface area contributed by atoms with Crippen LogP contribution in [0.25, 0.3) is 5.52 Å². The number of nitrogens with zero attached hydrogens (tertiary/aromatic N) is 4. The van der Waals surface area contributed by atoms with Gasteiger partial charge in [-0.3, -0.25) is 9.20 Å². The lowest BCUT2D eigenvalue weighted by atomic mass is 10.2. The fraction of sp³-hybridized carbons (Fsp3) is 0.263. The van der Waals surface area contributed by atoms with Crippen molar-refractivity contribution in [3.8, 4) is 0 Å². The third kappa shape index (κ3) is 3.39. The van der Waals surface area contributed by atoms with E-state index in [0.29, 0.717) is 37.6 Å². The molecule has 0 aliphatic carbocycles. The molecule has 1 amide bonds. The summed E-state index contributed by atoms with van der Waals surface area (Å²) in [6.45, 7) is 2.50. The van der Waals surface area contributed by atoms with Crippen molar-refractivity contribution in [1.82, 2.24) is 14.3 Å². The first-order chi connectivity index (χ1) is 12.7. The van der Waals surface area contributed by atoms with Gasteiger partial charge in [0.05, 0.1) is 23.2 Å². The maximum atomic E-state index is 13.9. The van der Waals surface area contributed by atoms with Crippen molar-refractivity contribution in [2.24, 2.45) is 0 Å². The van der Waals surface area contributed by atoms with Crippen molar-refractivity contribution >= 4 is 28.9 Å². The zero-order valence-electron chi connectivity index (χ0n) is 14.2. The molecule has 0 N–H and O–H groups in total. The van der Waals surface area contributed by atoms with Gasteiger partial charge in [0.25, 0.3) is 0 Å². The fourth-order valence-corrected chi connectivity index (χ4v) is 4.02. The number of anilines is 1. The van der Waals surface area contributed by atoms with Gasteiger partial charge in [-0.1, -0.05) is 30.0 Å². The minimum atomic E-state index is -0.214. The second kappa shape index (κ2) is 7.37. The predicted octanol–water partition coefficient (Wildman–Crippen LogP) is 2.91. The number of pyridine rings is 1. The van der Waals surface area contributed by atoms with Crippen molar-refractivity contribution in [1.29, 1.82) is 0 Å². The molecule has 2 aromatic heterocycles. The van der Waals surface area contributed by atoms with Crippen LogP contribution in [0.15, 0.2) is 60.0 Å². The highest BCUT2D eigenvalue weighted by Crippen LogP contribution is 2.22. The maximum absolute atomic E-state index is 13.9. The molecule has 0 atom stereocenters. The van der Waals surface area contributed by atoms with Crippen LogP contribution in [-0.4, -0.2) is 52.1 Å². The van der Waals surface area contributed by atoms with Crippen LogP contribution >= 0.6 is 11.8 Å². The molecule has 134 valence electrons. The largest absolute Gasteiger partial charge is 0.366 e. The lowest BCUT2D eigenvalue weighted by Crippen LogP contribution is -2.49. The monoisotopic (exact) mass is 370 g/mol. The molecule has 1 aromatic carbocycles. The van der Waals surface area contributed by atoms with Crippen molar-refractivity contribution < 1.29 is 9.18 Å². The fourth-order valence-electron chi connectivity index (χ4n) is 3.15. The Bertz CT molecular complexity index is 921. The Kier molecular flexibility index (Phi) is 4.79. The third-order valence-corrected chi connectivity index (χ3v) is 5.51. The molecule has 0 radical (unpaired) electrons. The number of hydrogen-bond acceptors (Lipinski definition) is 4. The van der Waals surface area contributed by atoms with Gasteiger partial charge in [0.2, 0.25) is 5.91 Å². The van der Waals surface area contributed by atoms with Crippen molar-refractivity contribution in [2.45, 2.75) is 5.16 Å². The highest BCUT2D eigenvalue weighted by Gasteiger charge is 2.23. The summed E-state index contributed by atoms with van der Waals surface area (Å²) in [6, 6.07) is 12.7. The second-order valence-electron chi connectivity index (χ2n) is 6.14. The maximum Gasteiger partial charge on any atom is 0.233 e. The minimum absolute atomic E-state index is 0.0934. The predicted molar refractivity (Wildman–Crippen MR) is 101 cm³/mol. The van der Waals surface area contributed by atoms with Gasteiger partial charge in [0.1, 0.15) is 5.82 Å². The lowest BCUT2D eigenvalue weighted by Gasteiger charge is -2.36. The molecule has 0 unspecified atom stereocenters. The number of benzene rings is 1. The number of piperazine rings is 1. The number of thioether (sulfide) groups is 1. The quantitative estimate of drug-likeness (QED) is 0.662. The molecule has 1 fully saturated rings. The first-order valence-electron chi connectivity index (χ1n) is 8.54. The van der Waals surface area contributed by atoms with Crippen LogP contribution < -0.4 is 4.90 Å². The van der Waals surface area contributed by atoms with Crippen LogP contribution in [-0.2, 0) is 4.79 Å². The zero-order valence-corrected chi connectivity index (χ0v) is 15.0. The van der Waals surface area contributed by atoms with Gasteiger partial charge in [-0.25, -0.2) is 9.37 Å². The van der Waals surface area contributed by atoms with Crippen LogP contribution in [0, 0.1) is 5.82 Å². The summed E-state index contributed by atoms with van der Waals surface area (Å²) in [6.07, 6.45) is 3.75. The molecule has 1 aliphatic rings. The molecule has 4 rings (SSSR count). The Morgan fingerprint density at radius 2 is 1.85 bits per heavy atom. The normalized spacial score (nSPS) is 14.8. The summed E-state index contributed by atoms with van der Waals surface area (Å²) in [5, 5.41) is 0.818. The molecule has 1 aliphatic heterocycles. The smallest absolute Gasteiger partial charge is 0.233 e. The minimum Gasteiger partial charge on any atom is -0.366 e. The van der Waals surface area contributed by atoms with Crippen molar-refractivity contribution in [2.75, 3.05) is 36.8 Å². The van der Waals surface area contributed by atoms with Crippen molar-refractivity contribution in [3.63, 3.8) is 0 Å². The number of amides is 1. The number of carbonyl (C=O) groups excluding carboxylic acids is 1. The molecular weight excluding hydrogens is 351 g/mol. The van der Waals surface area contributed by atoms with Gasteiger partial charge in [0.15, 0.2) is 5.16 Å². The number of imidazole rings is 1. The molecule has 0 saturated carbocycles. The van der Waals surface area contributed by atoms with Crippen LogP contribution in [0.4, 0.5) is 10.1 Å². The average molecular weight is 370 g/mol. The van der Waals surface area contributed by atoms with E-state index >= 15 is 0 Å². The first-order valence-corrected chi connectivity index (χ1v) is 9.53. The molecule has 3 heterocycles. The van der Waals surface area contributed by atoms with Crippen LogP contribution in [0.1, 0.15) is 0 Å². The van der Waals surface area contributed by atoms with E-state index in [0.717, 1.165) is 10.7 Å². The molecule has 5 nitrogen and oxygen atoms in total. The number of rotatable bonds is 4. The summed E-state index contributed by atoms with van der Waals surface area (Å²) in [4.78, 5) is 20.7. The van der Waals surface area contributed by atoms with E-state index in [-0.39, 0.29) is 11.7 Å². The highest BCUT2D eigenvalue weighted by atomic mass is 32.2. The summed E-state index contributed by atoms with van der Waals surface area (Å²) in [7, 11) is 0. The first kappa shape index (κ1) is 16.9. The Hall–Kier alpha value is -2.54. The van der Waals surface area contributed by atoms with Crippen molar-refractivity contribution in [3.05, 3.63) is 60.7 Å². The van der Waals surface area contributed by atoms with Gasteiger partial charge in [-0.2, -0.15) is 0 Å². The molecule has 0 bridgehead atoms. The molecule has 26 heavy (non-hydrogen) atoms. The summed E-state index contributed by atoms with van der Waals surface area (Å²) < 4.78 is 15.9. The molecular formula is C19H19FN4OS. The number of carbonyl (C=O) groups is 1. The highest BCUT2D eigenvalue weighted by molar-refractivity contribution is 7.99. The Morgan fingerprint density at radius 3 is 2.65 bits per heavy atom. The third-order valence-electron chi connectivity index (χ3n) is 4.56. The Labute approximate surface area is 155 Å². The number of hydrogen-bond donors (Lipinski definition) is 0. The summed E-state index contributed by atoms with van der Waals surface area (Å²) in [5.74, 6) is 0.234. The van der Waals surface area contributed by atoms with E-state index in [9.17, 15) is 9.18 Å². The summed E-state index contributed by atoms with van der Waals surface area (Å²) >= 11 is 1.45. The zero-order chi connectivity index (χ0) is 17.9. The Balaban J connectivity index is 1.33. The van der Waals surface area contributed by atoms with E-state index < -0.39 is 0 Å². The second-order valence-corrected chi connectivity index (χ2v) is 7.09. The lowest BCUT2D eigenvalue weighted by molar-refractivity contribution is -0.128. The van der Waals surface area contributed by atoms with Crippen LogP contribution in [0.5, 0.6) is 0 Å². The number of para-hydroxylation sites is 1. The van der Waals surface area contributed by atoms with Gasteiger partial charge in [-0.05, 0) is 24.3 Å². The van der Waals surface area contributed by atoms with Gasteiger partial charge >= 0.3 is 0 Å². The van der Waals surface area contributed by atoms with E-state index in [4.69, 9.17) is 0 Å². The molecule has 1 saturated heterocycles. The number of aromatic nitrogens is 2. The van der Waals surface area contributed by atoms with Gasteiger partial charge < -0.3 is 9.80 Å². The van der Waals surface area contributed by atoms with Gasteiger partial charge in [-0.15, -0.1) is 0 Å². The molecule has 0 spiro atoms. The van der Waals surface area contributed by atoms with E-state index in [1.807, 2.05) is 44.7 Å². The molecule has 7 heteroatoms. The molecule has 3 aromatic rings. The average Bonchev–Trinajstić information content (AvgIpc) is 3.10. The van der Waals surface area contributed by atoms with E-state index in [1.54, 1.807) is 18.3 Å². The van der Waals surface area contributed by atoms with Gasteiger partial charge in [0, 0.05) is 32.4 Å². The SMILES string of the molecule is O=C(CSc1ncc2ccccn12)N1CCN(c2ccccc2F)CC1. The van der Waals surface area contributed by atoms with Crippen LogP contribution in [0.2, 0.25) is 0 Å². The summed E-state index contributed by atoms with van der Waals surface area (Å²) in [5.41, 5.74) is 1.62. The topological polar surface area (TPSA) is 40.9 Å². The number of fused-ring (bicyclic) bond motifs is 1. The van der Waals surface area contributed by atoms with Crippen LogP contribution in [0.3, 0.4) is 0 Å². The Morgan fingerprint density at radius 1 is 1.08 bits per heavy atom.